The number of rotatable bonds is 1. The van der Waals surface area contributed by atoms with Crippen molar-refractivity contribution in [2.75, 3.05) is 0 Å². The molecular weight excluding hydrogens is 205 g/mol. The first-order valence-electron chi connectivity index (χ1n) is 4.71. The van der Waals surface area contributed by atoms with Crippen molar-refractivity contribution < 1.29 is 4.39 Å². The molecule has 0 aliphatic carbocycles. The Morgan fingerprint density at radius 2 is 2.12 bits per heavy atom. The molecule has 0 unspecified atom stereocenters. The lowest BCUT2D eigenvalue weighted by atomic mass is 10.1. The van der Waals surface area contributed by atoms with Gasteiger partial charge in [-0.2, -0.15) is 5.26 Å². The summed E-state index contributed by atoms with van der Waals surface area (Å²) in [5.74, 6) is -0.179. The molecule has 0 saturated carbocycles. The summed E-state index contributed by atoms with van der Waals surface area (Å²) >= 11 is 0. The first-order chi connectivity index (χ1) is 7.72. The molecule has 0 N–H and O–H groups in total. The Kier molecular flexibility index (Phi) is 2.61. The zero-order chi connectivity index (χ0) is 11.5. The number of aryl methyl sites for hydroxylation is 1. The van der Waals surface area contributed by atoms with Crippen LogP contribution in [0.1, 0.15) is 11.3 Å². The van der Waals surface area contributed by atoms with Gasteiger partial charge in [-0.3, -0.25) is 0 Å². The van der Waals surface area contributed by atoms with Gasteiger partial charge in [-0.1, -0.05) is 6.07 Å². The van der Waals surface area contributed by atoms with E-state index < -0.39 is 5.82 Å². The second-order valence-electron chi connectivity index (χ2n) is 3.30. The Bertz CT molecular complexity index is 573. The van der Waals surface area contributed by atoms with Gasteiger partial charge in [-0.15, -0.1) is 0 Å². The van der Waals surface area contributed by atoms with Crippen molar-refractivity contribution in [3.8, 4) is 17.5 Å². The molecule has 0 spiro atoms. The molecule has 4 heteroatoms. The Labute approximate surface area is 92.2 Å². The average molecular weight is 213 g/mol. The standard InChI is InChI=1S/C12H8FN3/c1-8-5-6-15-12(16-8)9-3-2-4-11(13)10(9)7-14/h2-6H,1H3. The molecule has 0 atom stereocenters. The van der Waals surface area contributed by atoms with E-state index >= 15 is 0 Å². The van der Waals surface area contributed by atoms with Gasteiger partial charge in [0, 0.05) is 17.5 Å². The Hall–Kier alpha value is -2.28. The number of halogens is 1. The van der Waals surface area contributed by atoms with Gasteiger partial charge in [0.25, 0.3) is 0 Å². The van der Waals surface area contributed by atoms with Gasteiger partial charge in [0.1, 0.15) is 11.9 Å². The average Bonchev–Trinajstić information content (AvgIpc) is 2.28. The van der Waals surface area contributed by atoms with E-state index in [0.717, 1.165) is 5.69 Å². The summed E-state index contributed by atoms with van der Waals surface area (Å²) in [4.78, 5) is 8.19. The van der Waals surface area contributed by atoms with Gasteiger partial charge in [-0.25, -0.2) is 14.4 Å². The molecule has 0 radical (unpaired) electrons. The predicted octanol–water partition coefficient (Wildman–Crippen LogP) is 2.46. The van der Waals surface area contributed by atoms with Crippen LogP contribution in [0.2, 0.25) is 0 Å². The van der Waals surface area contributed by atoms with E-state index in [0.29, 0.717) is 11.4 Å². The van der Waals surface area contributed by atoms with Gasteiger partial charge in [-0.05, 0) is 25.1 Å². The lowest BCUT2D eigenvalue weighted by Gasteiger charge is -2.03. The zero-order valence-corrected chi connectivity index (χ0v) is 8.61. The van der Waals surface area contributed by atoms with Crippen molar-refractivity contribution in [1.82, 2.24) is 9.97 Å². The fourth-order valence-corrected chi connectivity index (χ4v) is 1.40. The van der Waals surface area contributed by atoms with Crippen LogP contribution in [0.4, 0.5) is 4.39 Å². The summed E-state index contributed by atoms with van der Waals surface area (Å²) in [6.45, 7) is 1.82. The summed E-state index contributed by atoms with van der Waals surface area (Å²) in [7, 11) is 0. The normalized spacial score (nSPS) is 9.81. The largest absolute Gasteiger partial charge is 0.237 e. The van der Waals surface area contributed by atoms with E-state index in [-0.39, 0.29) is 5.56 Å². The monoisotopic (exact) mass is 213 g/mol. The quantitative estimate of drug-likeness (QED) is 0.731. The third kappa shape index (κ3) is 1.75. The Morgan fingerprint density at radius 3 is 2.81 bits per heavy atom. The SMILES string of the molecule is Cc1ccnc(-c2cccc(F)c2C#N)n1. The molecule has 2 aromatic rings. The number of hydrogen-bond acceptors (Lipinski definition) is 3. The first-order valence-corrected chi connectivity index (χ1v) is 4.71. The lowest BCUT2D eigenvalue weighted by Crippen LogP contribution is -1.95. The molecule has 1 heterocycles. The van der Waals surface area contributed by atoms with Crippen LogP contribution in [0, 0.1) is 24.1 Å². The molecule has 0 fully saturated rings. The number of nitrogens with zero attached hydrogens (tertiary/aromatic N) is 3. The molecule has 78 valence electrons. The molecule has 1 aromatic carbocycles. The molecular formula is C12H8FN3. The van der Waals surface area contributed by atoms with Crippen LogP contribution in [-0.2, 0) is 0 Å². The van der Waals surface area contributed by atoms with Gasteiger partial charge >= 0.3 is 0 Å². The fraction of sp³-hybridized carbons (Fsp3) is 0.0833. The molecule has 0 aliphatic heterocycles. The van der Waals surface area contributed by atoms with Gasteiger partial charge in [0.2, 0.25) is 0 Å². The molecule has 3 nitrogen and oxygen atoms in total. The molecule has 0 aliphatic rings. The maximum Gasteiger partial charge on any atom is 0.160 e. The van der Waals surface area contributed by atoms with Crippen LogP contribution in [0.5, 0.6) is 0 Å². The van der Waals surface area contributed by atoms with Gasteiger partial charge in [0.15, 0.2) is 5.82 Å². The molecule has 0 amide bonds. The summed E-state index contributed by atoms with van der Waals surface area (Å²) in [5, 5.41) is 8.88. The molecule has 0 bridgehead atoms. The van der Waals surface area contributed by atoms with E-state index in [4.69, 9.17) is 5.26 Å². The fourth-order valence-electron chi connectivity index (χ4n) is 1.40. The minimum atomic E-state index is -0.551. The van der Waals surface area contributed by atoms with Gasteiger partial charge < -0.3 is 0 Å². The third-order valence-electron chi connectivity index (χ3n) is 2.16. The van der Waals surface area contributed by atoms with Crippen LogP contribution < -0.4 is 0 Å². The van der Waals surface area contributed by atoms with Crippen molar-refractivity contribution in [1.29, 1.82) is 5.26 Å². The highest BCUT2D eigenvalue weighted by atomic mass is 19.1. The smallest absolute Gasteiger partial charge is 0.160 e. The van der Waals surface area contributed by atoms with Gasteiger partial charge in [0.05, 0.1) is 5.56 Å². The minimum Gasteiger partial charge on any atom is -0.237 e. The van der Waals surface area contributed by atoms with Crippen molar-refractivity contribution >= 4 is 0 Å². The highest BCUT2D eigenvalue weighted by Crippen LogP contribution is 2.21. The van der Waals surface area contributed by atoms with E-state index in [1.165, 1.54) is 12.1 Å². The maximum absolute atomic E-state index is 13.4. The minimum absolute atomic E-state index is 0.0203. The maximum atomic E-state index is 13.4. The first kappa shape index (κ1) is 10.2. The lowest BCUT2D eigenvalue weighted by molar-refractivity contribution is 0.624. The van der Waals surface area contributed by atoms with Crippen LogP contribution in [0.15, 0.2) is 30.5 Å². The summed E-state index contributed by atoms with van der Waals surface area (Å²) in [5.41, 5.74) is 1.18. The van der Waals surface area contributed by atoms with Crippen molar-refractivity contribution in [3.63, 3.8) is 0 Å². The number of nitriles is 1. The van der Waals surface area contributed by atoms with E-state index in [2.05, 4.69) is 9.97 Å². The molecule has 0 saturated heterocycles. The van der Waals surface area contributed by atoms with E-state index in [9.17, 15) is 4.39 Å². The predicted molar refractivity (Wildman–Crippen MR) is 56.9 cm³/mol. The Morgan fingerprint density at radius 1 is 1.31 bits per heavy atom. The molecule has 16 heavy (non-hydrogen) atoms. The molecule has 1 aromatic heterocycles. The number of benzene rings is 1. The second kappa shape index (κ2) is 4.07. The summed E-state index contributed by atoms with van der Waals surface area (Å²) < 4.78 is 13.4. The van der Waals surface area contributed by atoms with Crippen molar-refractivity contribution in [2.45, 2.75) is 6.92 Å². The molecule has 2 rings (SSSR count). The highest BCUT2D eigenvalue weighted by molar-refractivity contribution is 5.64. The van der Waals surface area contributed by atoms with Crippen molar-refractivity contribution in [2.24, 2.45) is 0 Å². The summed E-state index contributed by atoms with van der Waals surface area (Å²) in [6.07, 6.45) is 1.59. The number of aromatic nitrogens is 2. The van der Waals surface area contributed by atoms with Crippen LogP contribution in [0.3, 0.4) is 0 Å². The highest BCUT2D eigenvalue weighted by Gasteiger charge is 2.11. The van der Waals surface area contributed by atoms with E-state index in [1.807, 2.05) is 13.0 Å². The van der Waals surface area contributed by atoms with Crippen LogP contribution in [0.25, 0.3) is 11.4 Å². The number of hydrogen-bond donors (Lipinski definition) is 0. The summed E-state index contributed by atoms with van der Waals surface area (Å²) in [6, 6.07) is 7.99. The third-order valence-corrected chi connectivity index (χ3v) is 2.16. The Balaban J connectivity index is 2.66. The van der Waals surface area contributed by atoms with Crippen molar-refractivity contribution in [3.05, 3.63) is 47.5 Å². The van der Waals surface area contributed by atoms with E-state index in [1.54, 1.807) is 18.3 Å². The van der Waals surface area contributed by atoms with Crippen LogP contribution in [-0.4, -0.2) is 9.97 Å². The second-order valence-corrected chi connectivity index (χ2v) is 3.30. The zero-order valence-electron chi connectivity index (χ0n) is 8.61. The topological polar surface area (TPSA) is 49.6 Å². The van der Waals surface area contributed by atoms with Crippen LogP contribution >= 0.6 is 0 Å².